The van der Waals surface area contributed by atoms with Gasteiger partial charge in [-0.3, -0.25) is 4.98 Å². The molecule has 0 radical (unpaired) electrons. The first-order valence-electron chi connectivity index (χ1n) is 9.70. The van der Waals surface area contributed by atoms with Gasteiger partial charge in [-0.15, -0.1) is 11.3 Å². The van der Waals surface area contributed by atoms with Crippen molar-refractivity contribution in [2.75, 3.05) is 12.4 Å². The molecule has 6 nitrogen and oxygen atoms in total. The van der Waals surface area contributed by atoms with Crippen LogP contribution in [0.25, 0.3) is 21.7 Å². The molecule has 0 aromatic carbocycles. The van der Waals surface area contributed by atoms with E-state index in [1.54, 1.807) is 25.7 Å². The van der Waals surface area contributed by atoms with E-state index in [-0.39, 0.29) is 0 Å². The first-order chi connectivity index (χ1) is 13.3. The van der Waals surface area contributed by atoms with E-state index in [2.05, 4.69) is 15.3 Å². The van der Waals surface area contributed by atoms with E-state index in [0.717, 1.165) is 48.4 Å². The van der Waals surface area contributed by atoms with Crippen molar-refractivity contribution in [1.82, 2.24) is 19.9 Å². The van der Waals surface area contributed by atoms with E-state index in [9.17, 15) is 0 Å². The number of thiophene rings is 1. The molecule has 140 valence electrons. The molecule has 27 heavy (non-hydrogen) atoms. The number of hydrogen-bond donors (Lipinski definition) is 1. The molecule has 2 atom stereocenters. The lowest BCUT2D eigenvalue weighted by Crippen LogP contribution is -2.19. The third-order valence-electron chi connectivity index (χ3n) is 5.67. The topological polar surface area (TPSA) is 72.8 Å². The molecule has 2 aliphatic rings. The quantitative estimate of drug-likeness (QED) is 0.736. The number of nitrogens with zero attached hydrogens (tertiary/aromatic N) is 4. The lowest BCUT2D eigenvalue weighted by molar-refractivity contribution is 0.108. The van der Waals surface area contributed by atoms with Crippen LogP contribution >= 0.6 is 11.3 Å². The lowest BCUT2D eigenvalue weighted by atomic mass is 9.97. The number of nitrogens with one attached hydrogen (secondary N) is 1. The molecule has 7 heteroatoms. The fourth-order valence-corrected chi connectivity index (χ4v) is 5.53. The third-order valence-corrected chi connectivity index (χ3v) is 6.85. The monoisotopic (exact) mass is 381 g/mol. The van der Waals surface area contributed by atoms with E-state index in [1.807, 2.05) is 11.3 Å². The molecule has 0 aliphatic heterocycles. The number of hydrogen-bond acceptors (Lipinski definition) is 7. The Hall–Kier alpha value is -2.12. The normalized spacial score (nSPS) is 22.1. The summed E-state index contributed by atoms with van der Waals surface area (Å²) >= 11 is 1.82. The van der Waals surface area contributed by atoms with Gasteiger partial charge in [0.2, 0.25) is 0 Å². The van der Waals surface area contributed by atoms with Crippen molar-refractivity contribution in [3.8, 4) is 11.5 Å². The van der Waals surface area contributed by atoms with Crippen LogP contribution in [0.5, 0.6) is 0 Å². The third kappa shape index (κ3) is 3.19. The van der Waals surface area contributed by atoms with Crippen molar-refractivity contribution in [2.24, 2.45) is 0 Å². The Morgan fingerprint density at radius 1 is 1.15 bits per heavy atom. The smallest absolute Gasteiger partial charge is 0.183 e. The standard InChI is InChI=1S/C20H23N5OS/c1-26-13-7-6-12(10-13)23-19-17-14-4-2-3-5-16(14)27-20(17)25-18(24-19)15-11-21-8-9-22-15/h8-9,11-13H,2-7,10H2,1H3,(H,23,24,25). The number of fused-ring (bicyclic) bond motifs is 3. The molecule has 1 saturated carbocycles. The van der Waals surface area contributed by atoms with Crippen molar-refractivity contribution >= 4 is 27.4 Å². The molecule has 2 aliphatic carbocycles. The molecule has 1 fully saturated rings. The maximum atomic E-state index is 5.55. The highest BCUT2D eigenvalue weighted by Gasteiger charge is 2.27. The molecule has 3 heterocycles. The van der Waals surface area contributed by atoms with Crippen LogP contribution in [-0.2, 0) is 17.6 Å². The zero-order chi connectivity index (χ0) is 18.2. The number of aromatic nitrogens is 4. The number of anilines is 1. The van der Waals surface area contributed by atoms with Crippen LogP contribution in [0.15, 0.2) is 18.6 Å². The predicted octanol–water partition coefficient (Wildman–Crippen LogP) is 4.01. The predicted molar refractivity (Wildman–Crippen MR) is 107 cm³/mol. The number of rotatable bonds is 4. The van der Waals surface area contributed by atoms with Crippen LogP contribution in [0.1, 0.15) is 42.5 Å². The molecule has 3 aromatic rings. The van der Waals surface area contributed by atoms with Crippen LogP contribution in [0.3, 0.4) is 0 Å². The molecule has 5 rings (SSSR count). The van der Waals surface area contributed by atoms with Crippen molar-refractivity contribution in [1.29, 1.82) is 0 Å². The van der Waals surface area contributed by atoms with Gasteiger partial charge in [0.1, 0.15) is 16.3 Å². The molecule has 0 saturated heterocycles. The molecule has 0 amide bonds. The molecular formula is C20H23N5OS. The summed E-state index contributed by atoms with van der Waals surface area (Å²) in [6.45, 7) is 0. The summed E-state index contributed by atoms with van der Waals surface area (Å²) in [6.07, 6.45) is 13.5. The summed E-state index contributed by atoms with van der Waals surface area (Å²) in [5, 5.41) is 4.95. The first-order valence-corrected chi connectivity index (χ1v) is 10.5. The summed E-state index contributed by atoms with van der Waals surface area (Å²) in [5.74, 6) is 1.61. The fraction of sp³-hybridized carbons (Fsp3) is 0.500. The minimum atomic E-state index is 0.343. The second-order valence-electron chi connectivity index (χ2n) is 7.39. The first kappa shape index (κ1) is 17.0. The van der Waals surface area contributed by atoms with Crippen molar-refractivity contribution < 1.29 is 4.74 Å². The van der Waals surface area contributed by atoms with Gasteiger partial charge in [-0.25, -0.2) is 15.0 Å². The largest absolute Gasteiger partial charge is 0.381 e. The Kier molecular flexibility index (Phi) is 4.49. The highest BCUT2D eigenvalue weighted by Crippen LogP contribution is 2.40. The Labute approximate surface area is 162 Å². The number of ether oxygens (including phenoxy) is 1. The average Bonchev–Trinajstić information content (AvgIpc) is 3.32. The average molecular weight is 382 g/mol. The number of methoxy groups -OCH3 is 1. The minimum absolute atomic E-state index is 0.343. The fourth-order valence-electron chi connectivity index (χ4n) is 4.27. The van der Waals surface area contributed by atoms with Crippen molar-refractivity contribution in [3.63, 3.8) is 0 Å². The molecule has 0 bridgehead atoms. The van der Waals surface area contributed by atoms with Crippen molar-refractivity contribution in [2.45, 2.75) is 57.1 Å². The summed E-state index contributed by atoms with van der Waals surface area (Å²) < 4.78 is 5.55. The van der Waals surface area contributed by atoms with E-state index in [4.69, 9.17) is 14.7 Å². The Bertz CT molecular complexity index is 958. The van der Waals surface area contributed by atoms with Gasteiger partial charge in [0.25, 0.3) is 0 Å². The van der Waals surface area contributed by atoms with Gasteiger partial charge >= 0.3 is 0 Å². The Balaban J connectivity index is 1.60. The Morgan fingerprint density at radius 3 is 2.89 bits per heavy atom. The van der Waals surface area contributed by atoms with Crippen LogP contribution in [0.4, 0.5) is 5.82 Å². The zero-order valence-corrected chi connectivity index (χ0v) is 16.3. The summed E-state index contributed by atoms with van der Waals surface area (Å²) in [6, 6.07) is 0.391. The second-order valence-corrected chi connectivity index (χ2v) is 8.47. The second kappa shape index (κ2) is 7.13. The van der Waals surface area contributed by atoms with E-state index < -0.39 is 0 Å². The van der Waals surface area contributed by atoms with E-state index >= 15 is 0 Å². The molecule has 2 unspecified atom stereocenters. The van der Waals surface area contributed by atoms with Gasteiger partial charge in [-0.05, 0) is 50.5 Å². The molecule has 0 spiro atoms. The van der Waals surface area contributed by atoms with Gasteiger partial charge in [0.05, 0.1) is 17.7 Å². The SMILES string of the molecule is COC1CCC(Nc2nc(-c3cnccn3)nc3sc4c(c23)CCCC4)C1. The van der Waals surface area contributed by atoms with Gasteiger partial charge < -0.3 is 10.1 Å². The highest BCUT2D eigenvalue weighted by atomic mass is 32.1. The number of aryl methyl sites for hydroxylation is 2. The van der Waals surface area contributed by atoms with Crippen LogP contribution in [0.2, 0.25) is 0 Å². The zero-order valence-electron chi connectivity index (χ0n) is 15.4. The summed E-state index contributed by atoms with van der Waals surface area (Å²) in [4.78, 5) is 20.9. The van der Waals surface area contributed by atoms with Gasteiger partial charge in [0.15, 0.2) is 5.82 Å². The summed E-state index contributed by atoms with van der Waals surface area (Å²) in [7, 11) is 1.80. The Morgan fingerprint density at radius 2 is 2.07 bits per heavy atom. The van der Waals surface area contributed by atoms with Gasteiger partial charge in [-0.2, -0.15) is 0 Å². The molecule has 3 aromatic heterocycles. The maximum Gasteiger partial charge on any atom is 0.183 e. The van der Waals surface area contributed by atoms with E-state index in [0.29, 0.717) is 18.0 Å². The highest BCUT2D eigenvalue weighted by molar-refractivity contribution is 7.19. The van der Waals surface area contributed by atoms with Crippen LogP contribution < -0.4 is 5.32 Å². The van der Waals surface area contributed by atoms with Crippen LogP contribution in [-0.4, -0.2) is 39.2 Å². The van der Waals surface area contributed by atoms with Crippen LogP contribution in [0, 0.1) is 0 Å². The van der Waals surface area contributed by atoms with Gasteiger partial charge in [0, 0.05) is 30.4 Å². The molecular weight excluding hydrogens is 358 g/mol. The lowest BCUT2D eigenvalue weighted by Gasteiger charge is -2.17. The summed E-state index contributed by atoms with van der Waals surface area (Å²) in [5.41, 5.74) is 2.17. The minimum Gasteiger partial charge on any atom is -0.381 e. The maximum absolute atomic E-state index is 5.55. The van der Waals surface area contributed by atoms with E-state index in [1.165, 1.54) is 28.7 Å². The molecule has 1 N–H and O–H groups in total. The van der Waals surface area contributed by atoms with Crippen molar-refractivity contribution in [3.05, 3.63) is 29.0 Å². The van der Waals surface area contributed by atoms with Gasteiger partial charge in [-0.1, -0.05) is 0 Å².